The molecule has 0 spiro atoms. The molecule has 0 bridgehead atoms. The molecule has 1 fully saturated rings. The maximum atomic E-state index is 12.7. The van der Waals surface area contributed by atoms with Gasteiger partial charge in [-0.25, -0.2) is 0 Å². The molecule has 0 N–H and O–H groups in total. The van der Waals surface area contributed by atoms with Gasteiger partial charge in [0.15, 0.2) is 6.10 Å². The van der Waals surface area contributed by atoms with Crippen LogP contribution in [-0.2, 0) is 11.2 Å². The number of para-hydroxylation sites is 1. The molecule has 0 radical (unpaired) electrons. The van der Waals surface area contributed by atoms with Crippen molar-refractivity contribution in [3.63, 3.8) is 0 Å². The van der Waals surface area contributed by atoms with E-state index < -0.39 is 0 Å². The quantitative estimate of drug-likeness (QED) is 0.802. The maximum absolute atomic E-state index is 12.7. The Morgan fingerprint density at radius 2 is 2.20 bits per heavy atom. The molecule has 2 heterocycles. The van der Waals surface area contributed by atoms with E-state index in [0.717, 1.165) is 37.1 Å². The van der Waals surface area contributed by atoms with Gasteiger partial charge in [-0.1, -0.05) is 18.2 Å². The van der Waals surface area contributed by atoms with Crippen molar-refractivity contribution in [3.8, 4) is 5.75 Å². The number of piperidine rings is 1. The molecular weight excluding hydrogens is 274 g/mol. The lowest BCUT2D eigenvalue weighted by molar-refractivity contribution is -0.141. The fourth-order valence-corrected chi connectivity index (χ4v) is 3.47. The zero-order valence-corrected chi connectivity index (χ0v) is 12.3. The Morgan fingerprint density at radius 3 is 3.00 bits per heavy atom. The van der Waals surface area contributed by atoms with Crippen molar-refractivity contribution in [2.45, 2.75) is 44.2 Å². The number of benzene rings is 1. The van der Waals surface area contributed by atoms with E-state index in [1.165, 1.54) is 6.42 Å². The van der Waals surface area contributed by atoms with Crippen molar-refractivity contribution in [1.29, 1.82) is 0 Å². The molecule has 1 aromatic rings. The van der Waals surface area contributed by atoms with Gasteiger partial charge in [0.05, 0.1) is 0 Å². The maximum Gasteiger partial charge on any atom is 0.264 e. The minimum atomic E-state index is -0.344. The van der Waals surface area contributed by atoms with Crippen LogP contribution in [0.2, 0.25) is 0 Å². The molecule has 4 heteroatoms. The number of halogens is 1. The average Bonchev–Trinajstić information content (AvgIpc) is 2.91. The first kappa shape index (κ1) is 13.7. The number of fused-ring (bicyclic) bond motifs is 1. The van der Waals surface area contributed by atoms with E-state index in [4.69, 9.17) is 16.3 Å². The smallest absolute Gasteiger partial charge is 0.264 e. The van der Waals surface area contributed by atoms with E-state index in [9.17, 15) is 4.79 Å². The topological polar surface area (TPSA) is 29.5 Å². The molecule has 0 aliphatic carbocycles. The summed E-state index contributed by atoms with van der Waals surface area (Å²) in [6, 6.07) is 8.21. The second kappa shape index (κ2) is 6.04. The predicted octanol–water partition coefficient (Wildman–Crippen LogP) is 3.00. The number of ether oxygens (including phenoxy) is 1. The number of hydrogen-bond acceptors (Lipinski definition) is 2. The first-order valence-electron chi connectivity index (χ1n) is 7.40. The molecule has 2 atom stereocenters. The van der Waals surface area contributed by atoms with Crippen LogP contribution >= 0.6 is 11.6 Å². The number of rotatable bonds is 3. The number of alkyl halides is 1. The van der Waals surface area contributed by atoms with Crippen molar-refractivity contribution >= 4 is 17.5 Å². The highest BCUT2D eigenvalue weighted by Gasteiger charge is 2.35. The third kappa shape index (κ3) is 2.64. The summed E-state index contributed by atoms with van der Waals surface area (Å²) in [7, 11) is 0. The minimum absolute atomic E-state index is 0.135. The lowest BCUT2D eigenvalue weighted by Crippen LogP contribution is -2.49. The van der Waals surface area contributed by atoms with Gasteiger partial charge in [0.25, 0.3) is 5.91 Å². The van der Waals surface area contributed by atoms with Crippen molar-refractivity contribution in [1.82, 2.24) is 4.90 Å². The molecule has 108 valence electrons. The first-order chi connectivity index (χ1) is 9.79. The van der Waals surface area contributed by atoms with Gasteiger partial charge in [0, 0.05) is 24.9 Å². The lowest BCUT2D eigenvalue weighted by atomic mass is 9.98. The van der Waals surface area contributed by atoms with Gasteiger partial charge in [0.2, 0.25) is 0 Å². The van der Waals surface area contributed by atoms with Crippen LogP contribution in [0.1, 0.15) is 31.2 Å². The molecule has 3 nitrogen and oxygen atoms in total. The summed E-state index contributed by atoms with van der Waals surface area (Å²) in [6.45, 7) is 0.844. The molecular formula is C16H20ClNO2. The second-order valence-electron chi connectivity index (χ2n) is 5.58. The predicted molar refractivity (Wildman–Crippen MR) is 79.3 cm³/mol. The van der Waals surface area contributed by atoms with Crippen molar-refractivity contribution in [3.05, 3.63) is 29.8 Å². The Kier molecular flexibility index (Phi) is 4.16. The van der Waals surface area contributed by atoms with Gasteiger partial charge in [-0.3, -0.25) is 4.79 Å². The van der Waals surface area contributed by atoms with Gasteiger partial charge in [-0.2, -0.15) is 0 Å². The first-order valence-corrected chi connectivity index (χ1v) is 7.94. The van der Waals surface area contributed by atoms with Crippen molar-refractivity contribution in [2.75, 3.05) is 12.4 Å². The van der Waals surface area contributed by atoms with Crippen LogP contribution in [0, 0.1) is 0 Å². The Labute approximate surface area is 124 Å². The van der Waals surface area contributed by atoms with Crippen LogP contribution < -0.4 is 4.74 Å². The van der Waals surface area contributed by atoms with Gasteiger partial charge in [-0.05, 0) is 37.3 Å². The largest absolute Gasteiger partial charge is 0.480 e. The molecule has 2 aliphatic rings. The summed E-state index contributed by atoms with van der Waals surface area (Å²) in [4.78, 5) is 14.7. The van der Waals surface area contributed by atoms with E-state index in [-0.39, 0.29) is 12.0 Å². The number of hydrogen-bond donors (Lipinski definition) is 0. The van der Waals surface area contributed by atoms with E-state index in [1.807, 2.05) is 29.2 Å². The van der Waals surface area contributed by atoms with Crippen LogP contribution in [0.4, 0.5) is 0 Å². The molecule has 1 aromatic carbocycles. The van der Waals surface area contributed by atoms with E-state index in [0.29, 0.717) is 18.3 Å². The summed E-state index contributed by atoms with van der Waals surface area (Å²) in [6.07, 6.45) is 4.58. The zero-order chi connectivity index (χ0) is 13.9. The summed E-state index contributed by atoms with van der Waals surface area (Å²) in [5.41, 5.74) is 1.14. The second-order valence-corrected chi connectivity index (χ2v) is 5.96. The zero-order valence-electron chi connectivity index (χ0n) is 11.6. The van der Waals surface area contributed by atoms with Crippen LogP contribution in [0.15, 0.2) is 24.3 Å². The number of carbonyl (C=O) groups excluding carboxylic acids is 1. The van der Waals surface area contributed by atoms with Crippen LogP contribution in [0.3, 0.4) is 0 Å². The Hall–Kier alpha value is -1.22. The van der Waals surface area contributed by atoms with Crippen LogP contribution in [0.5, 0.6) is 5.75 Å². The highest BCUT2D eigenvalue weighted by Crippen LogP contribution is 2.30. The third-order valence-electron chi connectivity index (χ3n) is 4.28. The number of carbonyl (C=O) groups is 1. The molecule has 3 rings (SSSR count). The highest BCUT2D eigenvalue weighted by atomic mass is 35.5. The lowest BCUT2D eigenvalue weighted by Gasteiger charge is -2.36. The number of likely N-dealkylation sites (tertiary alicyclic amines) is 1. The average molecular weight is 294 g/mol. The van der Waals surface area contributed by atoms with Gasteiger partial charge in [0.1, 0.15) is 5.75 Å². The standard InChI is InChI=1S/C16H20ClNO2/c17-9-8-13-6-3-4-10-18(13)16(19)15-11-12-5-1-2-7-14(12)20-15/h1-2,5,7,13,15H,3-4,6,8-11H2. The minimum Gasteiger partial charge on any atom is -0.480 e. The summed E-state index contributed by atoms with van der Waals surface area (Å²) in [5.74, 6) is 1.60. The summed E-state index contributed by atoms with van der Waals surface area (Å²) < 4.78 is 5.82. The molecule has 1 saturated heterocycles. The van der Waals surface area contributed by atoms with Crippen molar-refractivity contribution in [2.24, 2.45) is 0 Å². The van der Waals surface area contributed by atoms with Gasteiger partial charge in [-0.15, -0.1) is 11.6 Å². The Balaban J connectivity index is 1.70. The molecule has 1 amide bonds. The van der Waals surface area contributed by atoms with Gasteiger partial charge >= 0.3 is 0 Å². The Bertz CT molecular complexity index is 464. The molecule has 0 aromatic heterocycles. The highest BCUT2D eigenvalue weighted by molar-refractivity contribution is 6.17. The van der Waals surface area contributed by atoms with Crippen LogP contribution in [-0.4, -0.2) is 35.4 Å². The summed E-state index contributed by atoms with van der Waals surface area (Å²) in [5, 5.41) is 0. The fourth-order valence-electron chi connectivity index (χ4n) is 3.22. The monoisotopic (exact) mass is 293 g/mol. The van der Waals surface area contributed by atoms with Crippen LogP contribution in [0.25, 0.3) is 0 Å². The molecule has 0 saturated carbocycles. The molecule has 20 heavy (non-hydrogen) atoms. The Morgan fingerprint density at radius 1 is 1.35 bits per heavy atom. The van der Waals surface area contributed by atoms with E-state index in [1.54, 1.807) is 0 Å². The van der Waals surface area contributed by atoms with Crippen molar-refractivity contribution < 1.29 is 9.53 Å². The number of nitrogens with zero attached hydrogens (tertiary/aromatic N) is 1. The fraction of sp³-hybridized carbons (Fsp3) is 0.562. The molecule has 2 unspecified atom stereocenters. The van der Waals surface area contributed by atoms with Gasteiger partial charge < -0.3 is 9.64 Å². The molecule has 2 aliphatic heterocycles. The summed E-state index contributed by atoms with van der Waals surface area (Å²) >= 11 is 5.87. The third-order valence-corrected chi connectivity index (χ3v) is 4.49. The number of amides is 1. The van der Waals surface area contributed by atoms with E-state index in [2.05, 4.69) is 0 Å². The normalized spacial score (nSPS) is 25.1. The van der Waals surface area contributed by atoms with E-state index >= 15 is 0 Å². The SMILES string of the molecule is O=C(C1Cc2ccccc2O1)N1CCCCC1CCCl.